The van der Waals surface area contributed by atoms with E-state index in [4.69, 9.17) is 5.73 Å². The van der Waals surface area contributed by atoms with Crippen LogP contribution in [0, 0.1) is 0 Å². The monoisotopic (exact) mass is 392 g/mol. The first-order chi connectivity index (χ1) is 13.5. The molecule has 0 atom stereocenters. The van der Waals surface area contributed by atoms with Crippen molar-refractivity contribution in [2.24, 2.45) is 5.73 Å². The maximum absolute atomic E-state index is 11.7. The van der Waals surface area contributed by atoms with E-state index in [1.54, 1.807) is 35.6 Å². The Balaban J connectivity index is 0.000000162. The number of imide groups is 1. The number of hydrogen-bond donors (Lipinski definition) is 1. The van der Waals surface area contributed by atoms with Gasteiger partial charge in [-0.3, -0.25) is 24.1 Å². The molecule has 2 N–H and O–H groups in total. The number of thiophene rings is 1. The van der Waals surface area contributed by atoms with E-state index in [1.165, 1.54) is 0 Å². The first-order valence-electron chi connectivity index (χ1n) is 8.34. The van der Waals surface area contributed by atoms with Gasteiger partial charge >= 0.3 is 0 Å². The molecule has 1 aliphatic rings. The lowest BCUT2D eigenvalue weighted by atomic mass is 10.1. The molecule has 3 aromatic rings. The summed E-state index contributed by atoms with van der Waals surface area (Å²) in [4.78, 5) is 46.5. The van der Waals surface area contributed by atoms with Crippen molar-refractivity contribution in [1.82, 2.24) is 4.90 Å². The molecule has 1 aliphatic heterocycles. The molecular formula is C21H16N2O4S. The van der Waals surface area contributed by atoms with Gasteiger partial charge in [0.05, 0.1) is 11.1 Å². The van der Waals surface area contributed by atoms with E-state index >= 15 is 0 Å². The zero-order chi connectivity index (χ0) is 20.1. The number of benzene rings is 2. The molecule has 28 heavy (non-hydrogen) atoms. The van der Waals surface area contributed by atoms with Crippen molar-refractivity contribution in [3.05, 3.63) is 93.7 Å². The molecule has 140 valence electrons. The van der Waals surface area contributed by atoms with Crippen molar-refractivity contribution in [2.75, 3.05) is 6.54 Å². The lowest BCUT2D eigenvalue weighted by molar-refractivity contribution is -0.118. The van der Waals surface area contributed by atoms with Crippen molar-refractivity contribution >= 4 is 34.8 Å². The number of fused-ring (bicyclic) bond motifs is 1. The first kappa shape index (κ1) is 19.2. The highest BCUT2D eigenvalue weighted by Crippen LogP contribution is 2.21. The Morgan fingerprint density at radius 1 is 0.821 bits per heavy atom. The minimum Gasteiger partial charge on any atom is -0.368 e. The Kier molecular flexibility index (Phi) is 5.76. The van der Waals surface area contributed by atoms with Crippen LogP contribution in [-0.4, -0.2) is 34.9 Å². The highest BCUT2D eigenvalue weighted by molar-refractivity contribution is 7.08. The van der Waals surface area contributed by atoms with E-state index in [9.17, 15) is 19.2 Å². The van der Waals surface area contributed by atoms with E-state index in [0.29, 0.717) is 11.1 Å². The Bertz CT molecular complexity index is 995. The molecule has 4 rings (SSSR count). The SMILES string of the molecule is NC(=O)CN1C(=O)c2ccccc2C1=O.O=C(c1ccccc1)c1ccsc1. The van der Waals surface area contributed by atoms with Crippen LogP contribution < -0.4 is 5.73 Å². The smallest absolute Gasteiger partial charge is 0.262 e. The molecule has 0 radical (unpaired) electrons. The summed E-state index contributed by atoms with van der Waals surface area (Å²) < 4.78 is 0. The van der Waals surface area contributed by atoms with Gasteiger partial charge in [0, 0.05) is 16.5 Å². The summed E-state index contributed by atoms with van der Waals surface area (Å²) in [6.45, 7) is -0.369. The zero-order valence-corrected chi connectivity index (χ0v) is 15.5. The summed E-state index contributed by atoms with van der Waals surface area (Å²) in [5, 5.41) is 3.78. The van der Waals surface area contributed by atoms with Crippen LogP contribution in [0.3, 0.4) is 0 Å². The number of rotatable bonds is 4. The van der Waals surface area contributed by atoms with Crippen molar-refractivity contribution in [3.63, 3.8) is 0 Å². The second kappa shape index (κ2) is 8.41. The summed E-state index contributed by atoms with van der Waals surface area (Å²) in [7, 11) is 0. The summed E-state index contributed by atoms with van der Waals surface area (Å²) in [6.07, 6.45) is 0. The van der Waals surface area contributed by atoms with Crippen molar-refractivity contribution in [3.8, 4) is 0 Å². The molecule has 0 spiro atoms. The number of primary amides is 1. The minimum absolute atomic E-state index is 0.0989. The van der Waals surface area contributed by atoms with Gasteiger partial charge in [-0.2, -0.15) is 11.3 Å². The Morgan fingerprint density at radius 2 is 1.39 bits per heavy atom. The van der Waals surface area contributed by atoms with E-state index < -0.39 is 17.7 Å². The number of hydrogen-bond acceptors (Lipinski definition) is 5. The van der Waals surface area contributed by atoms with Gasteiger partial charge in [0.25, 0.3) is 11.8 Å². The van der Waals surface area contributed by atoms with Gasteiger partial charge in [-0.05, 0) is 23.6 Å². The van der Waals surface area contributed by atoms with E-state index in [0.717, 1.165) is 16.0 Å². The van der Waals surface area contributed by atoms with Gasteiger partial charge in [-0.15, -0.1) is 0 Å². The van der Waals surface area contributed by atoms with Crippen molar-refractivity contribution in [1.29, 1.82) is 0 Å². The van der Waals surface area contributed by atoms with E-state index in [-0.39, 0.29) is 12.3 Å². The normalized spacial score (nSPS) is 12.2. The van der Waals surface area contributed by atoms with Crippen LogP contribution in [-0.2, 0) is 4.79 Å². The van der Waals surface area contributed by atoms with Gasteiger partial charge in [0.15, 0.2) is 5.78 Å². The topological polar surface area (TPSA) is 97.5 Å². The lowest BCUT2D eigenvalue weighted by Crippen LogP contribution is -2.37. The van der Waals surface area contributed by atoms with Crippen LogP contribution in [0.4, 0.5) is 0 Å². The largest absolute Gasteiger partial charge is 0.368 e. The number of ketones is 1. The van der Waals surface area contributed by atoms with E-state index in [2.05, 4.69) is 0 Å². The fourth-order valence-electron chi connectivity index (χ4n) is 2.69. The fraction of sp³-hybridized carbons (Fsp3) is 0.0476. The predicted octanol–water partition coefficient (Wildman–Crippen LogP) is 2.75. The standard InChI is InChI=1S/C11H8OS.C10H8N2O3/c12-11(10-6-7-13-8-10)9-4-2-1-3-5-9;11-8(13)5-12-9(14)6-3-1-2-4-7(6)10(12)15/h1-8H;1-4H,5H2,(H2,11,13). The Hall–Kier alpha value is -3.58. The number of nitrogens with zero attached hydrogens (tertiary/aromatic N) is 1. The number of carbonyl (C=O) groups excluding carboxylic acids is 4. The van der Waals surface area contributed by atoms with Crippen LogP contribution in [0.5, 0.6) is 0 Å². The van der Waals surface area contributed by atoms with Gasteiger partial charge < -0.3 is 5.73 Å². The third kappa shape index (κ3) is 4.05. The van der Waals surface area contributed by atoms with Crippen LogP contribution in [0.25, 0.3) is 0 Å². The van der Waals surface area contributed by atoms with Crippen molar-refractivity contribution < 1.29 is 19.2 Å². The highest BCUT2D eigenvalue weighted by atomic mass is 32.1. The lowest BCUT2D eigenvalue weighted by Gasteiger charge is -2.09. The predicted molar refractivity (Wildman–Crippen MR) is 105 cm³/mol. The average molecular weight is 392 g/mol. The average Bonchev–Trinajstić information content (AvgIpc) is 3.33. The summed E-state index contributed by atoms with van der Waals surface area (Å²) >= 11 is 1.54. The molecule has 2 aromatic carbocycles. The molecule has 0 fully saturated rings. The quantitative estimate of drug-likeness (QED) is 0.545. The summed E-state index contributed by atoms with van der Waals surface area (Å²) in [6, 6.07) is 17.6. The highest BCUT2D eigenvalue weighted by Gasteiger charge is 2.35. The van der Waals surface area contributed by atoms with Crippen LogP contribution >= 0.6 is 11.3 Å². The van der Waals surface area contributed by atoms with Gasteiger partial charge in [-0.25, -0.2) is 0 Å². The molecule has 0 unspecified atom stereocenters. The fourth-order valence-corrected chi connectivity index (χ4v) is 3.32. The summed E-state index contributed by atoms with van der Waals surface area (Å²) in [5.41, 5.74) is 7.12. The summed E-state index contributed by atoms with van der Waals surface area (Å²) in [5.74, 6) is -1.53. The second-order valence-electron chi connectivity index (χ2n) is 5.92. The third-order valence-corrected chi connectivity index (χ3v) is 4.69. The molecule has 0 saturated heterocycles. The molecule has 0 saturated carbocycles. The van der Waals surface area contributed by atoms with Crippen molar-refractivity contribution in [2.45, 2.75) is 0 Å². The molecule has 7 heteroatoms. The number of carbonyl (C=O) groups is 4. The van der Waals surface area contributed by atoms with Crippen LogP contribution in [0.15, 0.2) is 71.4 Å². The van der Waals surface area contributed by atoms with Gasteiger partial charge in [0.1, 0.15) is 6.54 Å². The zero-order valence-electron chi connectivity index (χ0n) is 14.7. The van der Waals surface area contributed by atoms with Gasteiger partial charge in [-0.1, -0.05) is 42.5 Å². The van der Waals surface area contributed by atoms with Crippen LogP contribution in [0.1, 0.15) is 36.6 Å². The van der Waals surface area contributed by atoms with E-state index in [1.807, 2.05) is 47.2 Å². The third-order valence-electron chi connectivity index (χ3n) is 4.01. The number of amides is 3. The minimum atomic E-state index is -0.704. The second-order valence-corrected chi connectivity index (χ2v) is 6.70. The maximum Gasteiger partial charge on any atom is 0.262 e. The molecule has 3 amide bonds. The van der Waals surface area contributed by atoms with Gasteiger partial charge in [0.2, 0.25) is 5.91 Å². The molecular weight excluding hydrogens is 376 g/mol. The Labute approximate surface area is 165 Å². The maximum atomic E-state index is 11.7. The first-order valence-corrected chi connectivity index (χ1v) is 9.29. The molecule has 0 bridgehead atoms. The van der Waals surface area contributed by atoms with Crippen LogP contribution in [0.2, 0.25) is 0 Å². The molecule has 2 heterocycles. The Morgan fingerprint density at radius 3 is 1.89 bits per heavy atom. The molecule has 1 aromatic heterocycles. The number of nitrogens with two attached hydrogens (primary N) is 1. The molecule has 0 aliphatic carbocycles. The molecule has 6 nitrogen and oxygen atoms in total.